The van der Waals surface area contributed by atoms with Crippen LogP contribution in [0.2, 0.25) is 10.0 Å². The maximum Gasteiger partial charge on any atom is 0.242 e. The van der Waals surface area contributed by atoms with Crippen molar-refractivity contribution in [1.82, 2.24) is 4.72 Å². The molecule has 0 aliphatic heterocycles. The van der Waals surface area contributed by atoms with E-state index in [4.69, 9.17) is 33.7 Å². The predicted octanol–water partition coefficient (Wildman–Crippen LogP) is 1.38. The summed E-state index contributed by atoms with van der Waals surface area (Å²) in [5.74, 6) is 0. The van der Waals surface area contributed by atoms with Gasteiger partial charge in [0.1, 0.15) is 4.90 Å². The summed E-state index contributed by atoms with van der Waals surface area (Å²) in [4.78, 5) is -0.0369. The normalized spacial score (nSPS) is 11.8. The van der Waals surface area contributed by atoms with E-state index in [2.05, 4.69) is 4.72 Å². The zero-order valence-electron chi connectivity index (χ0n) is 9.74. The Morgan fingerprint density at radius 1 is 1.39 bits per heavy atom. The van der Waals surface area contributed by atoms with Crippen molar-refractivity contribution in [2.24, 2.45) is 5.73 Å². The van der Waals surface area contributed by atoms with Crippen LogP contribution in [-0.4, -0.2) is 28.7 Å². The average Bonchev–Trinajstić information content (AvgIpc) is 2.29. The van der Waals surface area contributed by atoms with Crippen LogP contribution < -0.4 is 10.5 Å². The first-order valence-corrected chi connectivity index (χ1v) is 7.33. The predicted molar refractivity (Wildman–Crippen MR) is 71.4 cm³/mol. The highest BCUT2D eigenvalue weighted by atomic mass is 35.5. The minimum atomic E-state index is -3.69. The zero-order valence-corrected chi connectivity index (χ0v) is 12.1. The largest absolute Gasteiger partial charge is 0.383 e. The molecule has 0 aliphatic rings. The Hall–Kier alpha value is -0.370. The Kier molecular flexibility index (Phi) is 5.84. The van der Waals surface area contributed by atoms with Gasteiger partial charge in [0.2, 0.25) is 10.0 Å². The maximum absolute atomic E-state index is 12.0. The molecule has 0 atom stereocenters. The smallest absolute Gasteiger partial charge is 0.242 e. The quantitative estimate of drug-likeness (QED) is 0.777. The fourth-order valence-corrected chi connectivity index (χ4v) is 3.27. The molecule has 0 spiro atoms. The molecule has 1 aromatic carbocycles. The molecule has 1 aromatic rings. The van der Waals surface area contributed by atoms with Crippen LogP contribution in [0, 0.1) is 0 Å². The highest BCUT2D eigenvalue weighted by Gasteiger charge is 2.20. The molecular formula is C10H14Cl2N2O3S. The van der Waals surface area contributed by atoms with Crippen LogP contribution in [0.4, 0.5) is 0 Å². The molecule has 1 rings (SSSR count). The Morgan fingerprint density at radius 2 is 2.06 bits per heavy atom. The standard InChI is InChI=1S/C10H14Cl2N2O3S/c1-17-5-4-14-18(15,16)9-3-2-8(11)7(6-13)10(9)12/h2-3,14H,4-6,13H2,1H3. The van der Waals surface area contributed by atoms with E-state index >= 15 is 0 Å². The number of nitrogens with two attached hydrogens (primary N) is 1. The molecule has 0 aliphatic carbocycles. The van der Waals surface area contributed by atoms with Gasteiger partial charge in [-0.2, -0.15) is 0 Å². The van der Waals surface area contributed by atoms with Gasteiger partial charge in [0.15, 0.2) is 0 Å². The lowest BCUT2D eigenvalue weighted by atomic mass is 10.2. The van der Waals surface area contributed by atoms with Gasteiger partial charge in [-0.15, -0.1) is 0 Å². The molecule has 0 aromatic heterocycles. The van der Waals surface area contributed by atoms with E-state index in [0.717, 1.165) is 0 Å². The third-order valence-electron chi connectivity index (χ3n) is 2.24. The molecular weight excluding hydrogens is 299 g/mol. The second-order valence-corrected chi connectivity index (χ2v) is 5.95. The lowest BCUT2D eigenvalue weighted by Crippen LogP contribution is -2.27. The van der Waals surface area contributed by atoms with Crippen molar-refractivity contribution >= 4 is 33.2 Å². The van der Waals surface area contributed by atoms with Crippen LogP contribution in [0.5, 0.6) is 0 Å². The van der Waals surface area contributed by atoms with Gasteiger partial charge in [-0.1, -0.05) is 23.2 Å². The summed E-state index contributed by atoms with van der Waals surface area (Å²) in [7, 11) is -2.21. The van der Waals surface area contributed by atoms with E-state index in [1.54, 1.807) is 0 Å². The minimum absolute atomic E-state index is 0.0369. The molecule has 102 valence electrons. The third kappa shape index (κ3) is 3.57. The van der Waals surface area contributed by atoms with E-state index < -0.39 is 10.0 Å². The lowest BCUT2D eigenvalue weighted by molar-refractivity contribution is 0.204. The monoisotopic (exact) mass is 312 g/mol. The van der Waals surface area contributed by atoms with Crippen molar-refractivity contribution in [3.8, 4) is 0 Å². The Bertz CT molecular complexity index is 520. The fraction of sp³-hybridized carbons (Fsp3) is 0.400. The Labute approximate surface area is 116 Å². The van der Waals surface area contributed by atoms with E-state index in [0.29, 0.717) is 10.6 Å². The van der Waals surface area contributed by atoms with Gasteiger partial charge < -0.3 is 10.5 Å². The summed E-state index contributed by atoms with van der Waals surface area (Å²) in [5, 5.41) is 0.397. The second kappa shape index (κ2) is 6.70. The number of halogens is 2. The van der Waals surface area contributed by atoms with Gasteiger partial charge >= 0.3 is 0 Å². The van der Waals surface area contributed by atoms with E-state index in [9.17, 15) is 8.42 Å². The molecule has 0 unspecified atom stereocenters. The number of ether oxygens (including phenoxy) is 1. The molecule has 8 heteroatoms. The van der Waals surface area contributed by atoms with Crippen LogP contribution in [0.1, 0.15) is 5.56 Å². The molecule has 0 radical (unpaired) electrons. The SMILES string of the molecule is COCCNS(=O)(=O)c1ccc(Cl)c(CN)c1Cl. The van der Waals surface area contributed by atoms with Crippen molar-refractivity contribution in [2.45, 2.75) is 11.4 Å². The first-order valence-electron chi connectivity index (χ1n) is 5.09. The fourth-order valence-electron chi connectivity index (χ4n) is 1.33. The van der Waals surface area contributed by atoms with Crippen LogP contribution >= 0.6 is 23.2 Å². The van der Waals surface area contributed by atoms with Crippen molar-refractivity contribution < 1.29 is 13.2 Å². The van der Waals surface area contributed by atoms with Crippen LogP contribution in [0.3, 0.4) is 0 Å². The Morgan fingerprint density at radius 3 is 2.61 bits per heavy atom. The molecule has 0 bridgehead atoms. The zero-order chi connectivity index (χ0) is 13.8. The average molecular weight is 313 g/mol. The number of hydrogen-bond donors (Lipinski definition) is 2. The van der Waals surface area contributed by atoms with Crippen molar-refractivity contribution in [2.75, 3.05) is 20.3 Å². The maximum atomic E-state index is 12.0. The summed E-state index contributed by atoms with van der Waals surface area (Å²) in [6, 6.07) is 2.81. The first kappa shape index (κ1) is 15.7. The van der Waals surface area contributed by atoms with Crippen LogP contribution in [0.25, 0.3) is 0 Å². The number of hydrogen-bond acceptors (Lipinski definition) is 4. The second-order valence-electron chi connectivity index (χ2n) is 3.43. The molecule has 0 saturated carbocycles. The third-order valence-corrected chi connectivity index (χ3v) is 4.64. The molecule has 0 heterocycles. The highest BCUT2D eigenvalue weighted by Crippen LogP contribution is 2.30. The summed E-state index contributed by atoms with van der Waals surface area (Å²) in [5.41, 5.74) is 5.89. The first-order chi connectivity index (χ1) is 8.44. The van der Waals surface area contributed by atoms with Crippen LogP contribution in [-0.2, 0) is 21.3 Å². The molecule has 0 fully saturated rings. The summed E-state index contributed by atoms with van der Waals surface area (Å²) in [6.45, 7) is 0.503. The van der Waals surface area contributed by atoms with Gasteiger partial charge in [-0.3, -0.25) is 0 Å². The van der Waals surface area contributed by atoms with E-state index in [1.807, 2.05) is 0 Å². The molecule has 18 heavy (non-hydrogen) atoms. The van der Waals surface area contributed by atoms with Gasteiger partial charge in [-0.25, -0.2) is 13.1 Å². The molecule has 0 amide bonds. The van der Waals surface area contributed by atoms with Crippen molar-refractivity contribution in [3.63, 3.8) is 0 Å². The minimum Gasteiger partial charge on any atom is -0.383 e. The molecule has 5 nitrogen and oxygen atoms in total. The Balaban J connectivity index is 3.10. The lowest BCUT2D eigenvalue weighted by Gasteiger charge is -2.11. The summed E-state index contributed by atoms with van der Waals surface area (Å²) >= 11 is 11.9. The van der Waals surface area contributed by atoms with Crippen molar-refractivity contribution in [1.29, 1.82) is 0 Å². The van der Waals surface area contributed by atoms with Gasteiger partial charge in [-0.05, 0) is 12.1 Å². The number of rotatable bonds is 6. The van der Waals surface area contributed by atoms with E-state index in [-0.39, 0.29) is 29.6 Å². The summed E-state index contributed by atoms with van der Waals surface area (Å²) < 4.78 is 31.1. The highest BCUT2D eigenvalue weighted by molar-refractivity contribution is 7.89. The topological polar surface area (TPSA) is 81.4 Å². The number of methoxy groups -OCH3 is 1. The van der Waals surface area contributed by atoms with Gasteiger partial charge in [0.25, 0.3) is 0 Å². The molecule has 0 saturated heterocycles. The molecule has 3 N–H and O–H groups in total. The van der Waals surface area contributed by atoms with Gasteiger partial charge in [0, 0.05) is 30.8 Å². The van der Waals surface area contributed by atoms with Crippen molar-refractivity contribution in [3.05, 3.63) is 27.7 Å². The number of benzene rings is 1. The number of sulfonamides is 1. The summed E-state index contributed by atoms with van der Waals surface area (Å²) in [6.07, 6.45) is 0. The van der Waals surface area contributed by atoms with Gasteiger partial charge in [0.05, 0.1) is 11.6 Å². The number of nitrogens with one attached hydrogen (secondary N) is 1. The van der Waals surface area contributed by atoms with Crippen LogP contribution in [0.15, 0.2) is 17.0 Å². The van der Waals surface area contributed by atoms with E-state index in [1.165, 1.54) is 19.2 Å².